The quantitative estimate of drug-likeness (QED) is 0.664. The van der Waals surface area contributed by atoms with Gasteiger partial charge in [-0.1, -0.05) is 5.16 Å². The molecule has 0 aliphatic heterocycles. The van der Waals surface area contributed by atoms with Crippen LogP contribution in [0.25, 0.3) is 11.3 Å². The Bertz CT molecular complexity index is 1020. The van der Waals surface area contributed by atoms with Gasteiger partial charge in [0.25, 0.3) is 0 Å². The van der Waals surface area contributed by atoms with Gasteiger partial charge in [0.2, 0.25) is 10.0 Å². The molecule has 1 N–H and O–H groups in total. The molecule has 2 aromatic heterocycles. The molecule has 0 spiro atoms. The average Bonchev–Trinajstić information content (AvgIpc) is 3.24. The van der Waals surface area contributed by atoms with Gasteiger partial charge in [0.05, 0.1) is 19.1 Å². The summed E-state index contributed by atoms with van der Waals surface area (Å²) in [6, 6.07) is 8.11. The lowest BCUT2D eigenvalue weighted by Gasteiger charge is -2.16. The Balaban J connectivity index is 1.93. The Kier molecular flexibility index (Phi) is 5.38. The SMILES string of the molecule is COc1ccc(-c2onc(C)c2C)cc1S(=O)(=O)N[C@H](C)Cc1ccco1. The van der Waals surface area contributed by atoms with Crippen LogP contribution in [0.5, 0.6) is 5.75 Å². The molecule has 0 saturated carbocycles. The second kappa shape index (κ2) is 7.58. The van der Waals surface area contributed by atoms with Crippen LogP contribution < -0.4 is 9.46 Å². The standard InChI is InChI=1S/C19H22N2O5S/c1-12(10-16-6-5-9-25-16)21-27(22,23)18-11-15(7-8-17(18)24-4)19-13(2)14(3)20-26-19/h5-9,11-12,21H,10H2,1-4H3/t12-/m1/s1. The number of hydrogen-bond acceptors (Lipinski definition) is 6. The summed E-state index contributed by atoms with van der Waals surface area (Å²) in [7, 11) is -2.39. The first-order valence-corrected chi connectivity index (χ1v) is 9.96. The molecule has 8 heteroatoms. The molecule has 0 amide bonds. The summed E-state index contributed by atoms with van der Waals surface area (Å²) >= 11 is 0. The number of sulfonamides is 1. The maximum atomic E-state index is 13.0. The van der Waals surface area contributed by atoms with E-state index in [1.54, 1.807) is 37.5 Å². The number of methoxy groups -OCH3 is 1. The van der Waals surface area contributed by atoms with Gasteiger partial charge in [0.1, 0.15) is 16.4 Å². The molecule has 1 aromatic carbocycles. The van der Waals surface area contributed by atoms with Crippen molar-refractivity contribution in [2.75, 3.05) is 7.11 Å². The molecular weight excluding hydrogens is 368 g/mol. The molecule has 144 valence electrons. The molecule has 0 fully saturated rings. The van der Waals surface area contributed by atoms with E-state index in [0.29, 0.717) is 23.5 Å². The summed E-state index contributed by atoms with van der Waals surface area (Å²) < 4.78 is 44.5. The highest BCUT2D eigenvalue weighted by molar-refractivity contribution is 7.89. The molecule has 0 saturated heterocycles. The highest BCUT2D eigenvalue weighted by atomic mass is 32.2. The fourth-order valence-corrected chi connectivity index (χ4v) is 4.25. The van der Waals surface area contributed by atoms with Crippen LogP contribution in [-0.2, 0) is 16.4 Å². The minimum Gasteiger partial charge on any atom is -0.495 e. The summed E-state index contributed by atoms with van der Waals surface area (Å²) in [4.78, 5) is 0.0437. The van der Waals surface area contributed by atoms with Crippen molar-refractivity contribution in [1.82, 2.24) is 9.88 Å². The van der Waals surface area contributed by atoms with Gasteiger partial charge in [-0.3, -0.25) is 0 Å². The fourth-order valence-electron chi connectivity index (χ4n) is 2.81. The van der Waals surface area contributed by atoms with Gasteiger partial charge in [-0.2, -0.15) is 0 Å². The van der Waals surface area contributed by atoms with E-state index in [4.69, 9.17) is 13.7 Å². The minimum atomic E-state index is -3.82. The molecule has 3 rings (SSSR count). The number of benzene rings is 1. The largest absolute Gasteiger partial charge is 0.495 e. The Morgan fingerprint density at radius 1 is 1.26 bits per heavy atom. The Labute approximate surface area is 158 Å². The Morgan fingerprint density at radius 3 is 2.63 bits per heavy atom. The lowest BCUT2D eigenvalue weighted by Crippen LogP contribution is -2.34. The van der Waals surface area contributed by atoms with Gasteiger partial charge < -0.3 is 13.7 Å². The third kappa shape index (κ3) is 4.06. The van der Waals surface area contributed by atoms with Crippen molar-refractivity contribution in [2.45, 2.75) is 38.1 Å². The number of nitrogens with one attached hydrogen (secondary N) is 1. The maximum absolute atomic E-state index is 13.0. The average molecular weight is 390 g/mol. The second-order valence-electron chi connectivity index (χ2n) is 6.39. The zero-order chi connectivity index (χ0) is 19.6. The fraction of sp³-hybridized carbons (Fsp3) is 0.316. The second-order valence-corrected chi connectivity index (χ2v) is 8.08. The summed E-state index contributed by atoms with van der Waals surface area (Å²) in [6.07, 6.45) is 2.00. The van der Waals surface area contributed by atoms with Crippen LogP contribution in [0.2, 0.25) is 0 Å². The van der Waals surface area contributed by atoms with E-state index in [1.807, 2.05) is 13.8 Å². The van der Waals surface area contributed by atoms with Crippen LogP contribution in [0, 0.1) is 13.8 Å². The summed E-state index contributed by atoms with van der Waals surface area (Å²) in [6.45, 7) is 5.49. The molecule has 0 aliphatic rings. The molecule has 0 bridgehead atoms. The van der Waals surface area contributed by atoms with Crippen molar-refractivity contribution < 1.29 is 22.1 Å². The molecule has 0 radical (unpaired) electrons. The van der Waals surface area contributed by atoms with Crippen LogP contribution in [0.1, 0.15) is 23.9 Å². The van der Waals surface area contributed by atoms with Crippen molar-refractivity contribution in [3.63, 3.8) is 0 Å². The summed E-state index contributed by atoms with van der Waals surface area (Å²) in [5.41, 5.74) is 2.24. The van der Waals surface area contributed by atoms with E-state index in [1.165, 1.54) is 13.2 Å². The smallest absolute Gasteiger partial charge is 0.244 e. The molecule has 2 heterocycles. The van der Waals surface area contributed by atoms with E-state index >= 15 is 0 Å². The number of rotatable bonds is 7. The summed E-state index contributed by atoms with van der Waals surface area (Å²) in [5, 5.41) is 3.94. The Morgan fingerprint density at radius 2 is 2.04 bits per heavy atom. The lowest BCUT2D eigenvalue weighted by atomic mass is 10.1. The number of nitrogens with zero attached hydrogens (tertiary/aromatic N) is 1. The van der Waals surface area contributed by atoms with Crippen LogP contribution in [0.4, 0.5) is 0 Å². The van der Waals surface area contributed by atoms with Gasteiger partial charge >= 0.3 is 0 Å². The molecular formula is C19H22N2O5S. The highest BCUT2D eigenvalue weighted by Crippen LogP contribution is 2.32. The number of hydrogen-bond donors (Lipinski definition) is 1. The minimum absolute atomic E-state index is 0.0437. The van der Waals surface area contributed by atoms with Gasteiger partial charge in [0, 0.05) is 23.6 Å². The molecule has 0 unspecified atom stereocenters. The maximum Gasteiger partial charge on any atom is 0.244 e. The van der Waals surface area contributed by atoms with Crippen LogP contribution in [0.3, 0.4) is 0 Å². The van der Waals surface area contributed by atoms with E-state index < -0.39 is 10.0 Å². The number of ether oxygens (including phenoxy) is 1. The van der Waals surface area contributed by atoms with Crippen molar-refractivity contribution in [1.29, 1.82) is 0 Å². The number of aryl methyl sites for hydroxylation is 1. The van der Waals surface area contributed by atoms with E-state index in [0.717, 1.165) is 11.3 Å². The third-order valence-electron chi connectivity index (χ3n) is 4.32. The lowest BCUT2D eigenvalue weighted by molar-refractivity contribution is 0.401. The first-order chi connectivity index (χ1) is 12.8. The van der Waals surface area contributed by atoms with Gasteiger partial charge in [-0.05, 0) is 51.1 Å². The van der Waals surface area contributed by atoms with Crippen LogP contribution in [-0.4, -0.2) is 26.7 Å². The van der Waals surface area contributed by atoms with Crippen molar-refractivity contribution >= 4 is 10.0 Å². The zero-order valence-corrected chi connectivity index (χ0v) is 16.5. The van der Waals surface area contributed by atoms with Crippen molar-refractivity contribution in [2.24, 2.45) is 0 Å². The summed E-state index contributed by atoms with van der Waals surface area (Å²) in [5.74, 6) is 1.50. The number of aromatic nitrogens is 1. The molecule has 27 heavy (non-hydrogen) atoms. The van der Waals surface area contributed by atoms with E-state index in [2.05, 4.69) is 9.88 Å². The third-order valence-corrected chi connectivity index (χ3v) is 5.93. The topological polar surface area (TPSA) is 94.6 Å². The Hall–Kier alpha value is -2.58. The van der Waals surface area contributed by atoms with Gasteiger partial charge in [0.15, 0.2) is 5.76 Å². The molecule has 3 aromatic rings. The first-order valence-electron chi connectivity index (χ1n) is 8.48. The van der Waals surface area contributed by atoms with Crippen molar-refractivity contribution in [3.8, 4) is 17.1 Å². The van der Waals surface area contributed by atoms with Crippen LogP contribution >= 0.6 is 0 Å². The molecule has 0 aliphatic carbocycles. The monoisotopic (exact) mass is 390 g/mol. The number of furan rings is 1. The van der Waals surface area contributed by atoms with Crippen molar-refractivity contribution in [3.05, 3.63) is 53.6 Å². The predicted octanol–water partition coefficient (Wildman–Crippen LogP) is 3.47. The normalized spacial score (nSPS) is 12.9. The van der Waals surface area contributed by atoms with Gasteiger partial charge in [-0.25, -0.2) is 13.1 Å². The predicted molar refractivity (Wildman–Crippen MR) is 100 cm³/mol. The first kappa shape index (κ1) is 19.2. The zero-order valence-electron chi connectivity index (χ0n) is 15.6. The highest BCUT2D eigenvalue weighted by Gasteiger charge is 2.24. The molecule has 1 atom stereocenters. The molecule has 7 nitrogen and oxygen atoms in total. The van der Waals surface area contributed by atoms with E-state index in [-0.39, 0.29) is 16.7 Å². The van der Waals surface area contributed by atoms with E-state index in [9.17, 15) is 8.42 Å². The van der Waals surface area contributed by atoms with Crippen LogP contribution in [0.15, 0.2) is 50.4 Å². The van der Waals surface area contributed by atoms with Gasteiger partial charge in [-0.15, -0.1) is 0 Å².